The number of methoxy groups -OCH3 is 2. The number of piperidine rings is 1. The molecule has 13 atom stereocenters. The molecule has 0 bridgehead atoms. The molecule has 3 fully saturated rings. The molecule has 3 saturated heterocycles. The number of hydrogen-bond donors (Lipinski definition) is 6. The number of unbranched alkanes of at least 4 members (excludes halogenated alkanes) is 2. The molecule has 0 aromatic heterocycles. The van der Waals surface area contributed by atoms with Crippen LogP contribution in [0, 0.1) is 35.5 Å². The fourth-order valence-corrected chi connectivity index (χ4v) is 11.3. The third kappa shape index (κ3) is 18.2. The first kappa shape index (κ1) is 63.9. The number of benzene rings is 1. The summed E-state index contributed by atoms with van der Waals surface area (Å²) in [4.78, 5) is 69.6. The molecule has 3 heterocycles. The smallest absolute Gasteiger partial charge is 0.324 e. The van der Waals surface area contributed by atoms with Crippen molar-refractivity contribution in [3.63, 3.8) is 0 Å². The van der Waals surface area contributed by atoms with E-state index in [1.807, 2.05) is 63.9 Å². The zero-order chi connectivity index (χ0) is 56.1. The summed E-state index contributed by atoms with van der Waals surface area (Å²) in [5.74, 6) is -1.76. The normalized spacial score (nSPS) is 25.3. The maximum absolute atomic E-state index is 14.1. The average molecular weight is 1060 g/mol. The number of nitrogens with one attached hydrogen (secondary N) is 3. The van der Waals surface area contributed by atoms with Crippen molar-refractivity contribution in [2.24, 2.45) is 35.5 Å². The van der Waals surface area contributed by atoms with E-state index >= 15 is 0 Å². The van der Waals surface area contributed by atoms with Gasteiger partial charge in [0.05, 0.1) is 37.4 Å². The quantitative estimate of drug-likeness (QED) is 0.0194. The predicted octanol–water partition coefficient (Wildman–Crippen LogP) is 8.23. The number of aliphatic hydroxyl groups excluding tert-OH is 2. The highest BCUT2D eigenvalue weighted by Crippen LogP contribution is 2.47. The number of esters is 1. The van der Waals surface area contributed by atoms with E-state index in [0.717, 1.165) is 56.9 Å². The first-order chi connectivity index (χ1) is 36.2. The van der Waals surface area contributed by atoms with Crippen LogP contribution >= 0.6 is 0 Å². The molecular weight excluding hydrogens is 967 g/mol. The van der Waals surface area contributed by atoms with Gasteiger partial charge in [-0.2, -0.15) is 0 Å². The van der Waals surface area contributed by atoms with Crippen molar-refractivity contribution in [2.75, 3.05) is 27.8 Å². The summed E-state index contributed by atoms with van der Waals surface area (Å²) in [7, 11) is 4.77. The van der Waals surface area contributed by atoms with E-state index in [2.05, 4.69) is 49.8 Å². The molecule has 16 heteroatoms. The highest BCUT2D eigenvalue weighted by Gasteiger charge is 2.53. The molecule has 16 nitrogen and oxygen atoms in total. The van der Waals surface area contributed by atoms with E-state index in [1.54, 1.807) is 19.2 Å². The minimum absolute atomic E-state index is 0.0157. The molecule has 1 aromatic carbocycles. The number of aromatic hydroxyl groups is 1. The summed E-state index contributed by atoms with van der Waals surface area (Å²) in [5.41, 5.74) is 3.90. The van der Waals surface area contributed by atoms with Gasteiger partial charge in [-0.15, -0.1) is 0 Å². The highest BCUT2D eigenvalue weighted by molar-refractivity contribution is 5.93. The third-order valence-electron chi connectivity index (χ3n) is 16.5. The molecule has 4 rings (SSSR count). The molecular formula is C60H97N5O11. The van der Waals surface area contributed by atoms with Crippen LogP contribution in [-0.2, 0) is 44.6 Å². The van der Waals surface area contributed by atoms with Gasteiger partial charge >= 0.3 is 5.97 Å². The fraction of sp³-hybridized carbons (Fsp3) is 0.717. The zero-order valence-electron chi connectivity index (χ0n) is 47.9. The number of likely N-dealkylation sites (tertiary alicyclic amines) is 1. The van der Waals surface area contributed by atoms with Gasteiger partial charge in [0, 0.05) is 45.4 Å². The summed E-state index contributed by atoms with van der Waals surface area (Å²) in [5, 5.41) is 39.5. The Balaban J connectivity index is 1.22. The lowest BCUT2D eigenvalue weighted by molar-refractivity contribution is -0.260. The minimum atomic E-state index is -1.08. The van der Waals surface area contributed by atoms with Gasteiger partial charge in [-0.25, -0.2) is 5.43 Å². The number of nitrogens with zero attached hydrogens (tertiary/aromatic N) is 2. The molecule has 1 aromatic rings. The number of aliphatic hydroxyl groups is 2. The molecule has 4 amide bonds. The number of carbonyl (C=O) groups is 5. The summed E-state index contributed by atoms with van der Waals surface area (Å²) in [6.07, 6.45) is 20.0. The lowest BCUT2D eigenvalue weighted by Gasteiger charge is -2.56. The number of hydrazine groups is 1. The molecule has 0 saturated carbocycles. The van der Waals surface area contributed by atoms with E-state index in [1.165, 1.54) is 24.3 Å². The van der Waals surface area contributed by atoms with Crippen LogP contribution in [0.2, 0.25) is 0 Å². The average Bonchev–Trinajstić information content (AvgIpc) is 3.40. The van der Waals surface area contributed by atoms with Crippen molar-refractivity contribution in [1.29, 1.82) is 0 Å². The molecule has 0 aliphatic carbocycles. The predicted molar refractivity (Wildman–Crippen MR) is 296 cm³/mol. The minimum Gasteiger partial charge on any atom is -0.508 e. The Kier molecular flexibility index (Phi) is 26.7. The van der Waals surface area contributed by atoms with Gasteiger partial charge in [0.15, 0.2) is 0 Å². The van der Waals surface area contributed by atoms with Gasteiger partial charge in [-0.1, -0.05) is 104 Å². The van der Waals surface area contributed by atoms with Crippen LogP contribution in [0.5, 0.6) is 5.75 Å². The summed E-state index contributed by atoms with van der Waals surface area (Å²) < 4.78 is 17.6. The van der Waals surface area contributed by atoms with E-state index < -0.39 is 65.9 Å². The molecule has 76 heavy (non-hydrogen) atoms. The summed E-state index contributed by atoms with van der Waals surface area (Å²) in [6, 6.07) is 3.68. The number of rotatable bonds is 29. The van der Waals surface area contributed by atoms with Gasteiger partial charge in [-0.3, -0.25) is 29.0 Å². The molecule has 3 aliphatic rings. The largest absolute Gasteiger partial charge is 0.508 e. The monoisotopic (exact) mass is 1060 g/mol. The number of phenolic OH excluding ortho intramolecular Hbond substituents is 1. The van der Waals surface area contributed by atoms with Crippen molar-refractivity contribution >= 4 is 29.6 Å². The van der Waals surface area contributed by atoms with Crippen LogP contribution in [0.25, 0.3) is 0 Å². The highest BCUT2D eigenvalue weighted by atomic mass is 16.5. The Hall–Kier alpha value is -4.61. The van der Waals surface area contributed by atoms with Gasteiger partial charge < -0.3 is 45.1 Å². The Bertz CT molecular complexity index is 2100. The number of amides is 4. The van der Waals surface area contributed by atoms with E-state index in [9.17, 15) is 39.3 Å². The van der Waals surface area contributed by atoms with Crippen molar-refractivity contribution < 1.29 is 53.5 Å². The first-order valence-corrected chi connectivity index (χ1v) is 28.6. The molecule has 6 N–H and O–H groups in total. The second-order valence-corrected chi connectivity index (χ2v) is 22.5. The van der Waals surface area contributed by atoms with Crippen molar-refractivity contribution in [2.45, 2.75) is 213 Å². The van der Waals surface area contributed by atoms with Crippen LogP contribution in [0.1, 0.15) is 164 Å². The van der Waals surface area contributed by atoms with Crippen LogP contribution in [-0.4, -0.2) is 131 Å². The van der Waals surface area contributed by atoms with Gasteiger partial charge in [0.2, 0.25) is 17.7 Å². The molecule has 0 radical (unpaired) electrons. The van der Waals surface area contributed by atoms with Gasteiger partial charge in [0.1, 0.15) is 29.6 Å². The standard InChI is InChI=1S/C60H97N5O11/c1-12-24-47(55(69)62-54(39(3)4)56(70)61-49(37-44-27-22-28-46(66)36-44)58(72)65-34-23-29-48(63-65)59(73)75-11)52(74-10)31-21-16-14-15-20-30-50(67)40(5)25-18-17-19-26-41(6)51(68)38-53-42(7)32-33-60(76-53)43(8)35-45(13-2)57(71)64(60)9/h14-16,20,22,25,27-28,36,39,41-43,45,47-54,63,66-68H,12-13,17-19,21,23-24,26,29-35,37-38H2,1-11H3,(H,61,70)(H,62,69)/b16-14+,20-15+,40-25+. The fourth-order valence-electron chi connectivity index (χ4n) is 11.3. The lowest BCUT2D eigenvalue weighted by Crippen LogP contribution is -2.64. The Labute approximate surface area is 455 Å². The van der Waals surface area contributed by atoms with Crippen LogP contribution in [0.15, 0.2) is 60.2 Å². The van der Waals surface area contributed by atoms with Gasteiger partial charge in [0.25, 0.3) is 5.91 Å². The Morgan fingerprint density at radius 3 is 2.38 bits per heavy atom. The zero-order valence-corrected chi connectivity index (χ0v) is 47.9. The van der Waals surface area contributed by atoms with Crippen molar-refractivity contribution in [3.05, 3.63) is 65.8 Å². The third-order valence-corrected chi connectivity index (χ3v) is 16.5. The van der Waals surface area contributed by atoms with Crippen molar-refractivity contribution in [3.8, 4) is 5.75 Å². The van der Waals surface area contributed by atoms with Crippen LogP contribution in [0.3, 0.4) is 0 Å². The lowest BCUT2D eigenvalue weighted by atomic mass is 9.74. The van der Waals surface area contributed by atoms with Crippen LogP contribution in [0.4, 0.5) is 0 Å². The number of allylic oxidation sites excluding steroid dienone is 4. The Morgan fingerprint density at radius 2 is 1.71 bits per heavy atom. The van der Waals surface area contributed by atoms with Crippen LogP contribution < -0.4 is 16.1 Å². The van der Waals surface area contributed by atoms with E-state index in [0.29, 0.717) is 69.4 Å². The maximum atomic E-state index is 14.1. The SMILES string of the molecule is CCCC(C(=O)NC(C(=O)NC(Cc1cccc(O)c1)C(=O)N1CCCC(C(=O)OC)N1)C(C)C)C(CC/C=C/C=C/CC(O)/C(C)=C/CCCCC(C)C(O)CC1OC2(CCC1C)C(C)CC(CC)C(=O)N2C)OC. The summed E-state index contributed by atoms with van der Waals surface area (Å²) in [6.45, 7) is 16.5. The number of phenols is 1. The topological polar surface area (TPSA) is 216 Å². The molecule has 1 spiro atoms. The number of carbonyl (C=O) groups excluding carboxylic acids is 5. The molecule has 3 aliphatic heterocycles. The number of ether oxygens (including phenoxy) is 3. The maximum Gasteiger partial charge on any atom is 0.324 e. The molecule has 428 valence electrons. The van der Waals surface area contributed by atoms with E-state index in [4.69, 9.17) is 14.2 Å². The van der Waals surface area contributed by atoms with Gasteiger partial charge in [-0.05, 0) is 131 Å². The Morgan fingerprint density at radius 1 is 0.974 bits per heavy atom. The first-order valence-electron chi connectivity index (χ1n) is 28.6. The number of hydrogen-bond acceptors (Lipinski definition) is 12. The van der Waals surface area contributed by atoms with E-state index in [-0.39, 0.29) is 53.8 Å². The second-order valence-electron chi connectivity index (χ2n) is 22.5. The summed E-state index contributed by atoms with van der Waals surface area (Å²) >= 11 is 0. The molecule has 13 unspecified atom stereocenters. The van der Waals surface area contributed by atoms with Crippen molar-refractivity contribution in [1.82, 2.24) is 26.0 Å². The second kappa shape index (κ2) is 31.7.